The van der Waals surface area contributed by atoms with Gasteiger partial charge in [-0.15, -0.1) is 0 Å². The van der Waals surface area contributed by atoms with Crippen molar-refractivity contribution in [2.75, 3.05) is 126 Å². The third kappa shape index (κ3) is 59.8. The molecule has 59 heavy (non-hydrogen) atoms. The topological polar surface area (TPSA) is 45.5 Å². The van der Waals surface area contributed by atoms with E-state index in [-0.39, 0.29) is 0 Å². The largest absolute Gasteiger partial charge is 0.330 e. The zero-order valence-electron chi connectivity index (χ0n) is 43.8. The second-order valence-corrected chi connectivity index (χ2v) is 18.1. The van der Waals surface area contributed by atoms with Crippen LogP contribution in [-0.4, -0.2) is 156 Å². The summed E-state index contributed by atoms with van der Waals surface area (Å²) < 4.78 is 0. The van der Waals surface area contributed by atoms with Gasteiger partial charge in [0, 0.05) is 0 Å². The molecule has 0 aromatic carbocycles. The van der Waals surface area contributed by atoms with E-state index in [1.807, 2.05) is 0 Å². The highest BCUT2D eigenvalue weighted by Gasteiger charge is 2.10. The first-order chi connectivity index (χ1) is 28.6. The minimum Gasteiger partial charge on any atom is -0.330 e. The second-order valence-electron chi connectivity index (χ2n) is 18.1. The van der Waals surface area contributed by atoms with Crippen molar-refractivity contribution >= 4 is 0 Å². The predicted octanol–water partition coefficient (Wildman–Crippen LogP) is 12.8. The first-order valence-corrected chi connectivity index (χ1v) is 26.5. The zero-order chi connectivity index (χ0) is 45.0. The molecule has 0 aromatic rings. The van der Waals surface area contributed by atoms with Crippen LogP contribution in [0.25, 0.3) is 0 Å². The molecule has 0 radical (unpaired) electrons. The molecular weight excluding hydrogens is 723 g/mol. The summed E-state index contributed by atoms with van der Waals surface area (Å²) >= 11 is 0. The molecule has 362 valence electrons. The molecule has 4 heterocycles. The molecule has 0 atom stereocenters. The van der Waals surface area contributed by atoms with Crippen LogP contribution < -0.4 is 5.73 Å². The standard InChI is InChI=1S/C10H21N.2C8H17N.C7H15N.C6H15N.C5H13N.C4H11N.C4H10/c1-2-3-5-8-11-9-6-4-7-10-11;2*1-2-6-9-7-4-3-5-8-9;1-2-5-8-6-3-4-7-8;1-4-5-6-7(2)3;1-4-5-6(2)3;1-2-3-4-5;1-3-4-2/h2-10H2,1H3;2*2-8H2,1H3;2-7H2,1H3;4-6H2,1-3H3;4-5H2,1-3H3;2-5H2,1H3;3-4H2,1-2H3. The molecule has 0 bridgehead atoms. The van der Waals surface area contributed by atoms with Crippen molar-refractivity contribution in [3.63, 3.8) is 0 Å². The Labute approximate surface area is 376 Å². The van der Waals surface area contributed by atoms with Crippen LogP contribution in [0.4, 0.5) is 0 Å². The number of hydrogen-bond donors (Lipinski definition) is 1. The first-order valence-electron chi connectivity index (χ1n) is 26.5. The zero-order valence-corrected chi connectivity index (χ0v) is 43.8. The van der Waals surface area contributed by atoms with Gasteiger partial charge in [0.05, 0.1) is 0 Å². The van der Waals surface area contributed by atoms with Crippen LogP contribution in [0.3, 0.4) is 0 Å². The van der Waals surface area contributed by atoms with Crippen molar-refractivity contribution in [2.45, 2.75) is 216 Å². The summed E-state index contributed by atoms with van der Waals surface area (Å²) in [6, 6.07) is 0. The molecule has 4 fully saturated rings. The molecule has 4 aliphatic heterocycles. The summed E-state index contributed by atoms with van der Waals surface area (Å²) in [6.07, 6.45) is 32.9. The van der Waals surface area contributed by atoms with Crippen LogP contribution in [0, 0.1) is 0 Å². The Bertz CT molecular complexity index is 638. The van der Waals surface area contributed by atoms with Gasteiger partial charge in [0.1, 0.15) is 0 Å². The Kier molecular flexibility index (Phi) is 63.9. The molecule has 0 spiro atoms. The average molecular weight is 843 g/mol. The molecule has 4 aliphatic rings. The summed E-state index contributed by atoms with van der Waals surface area (Å²) in [4.78, 5) is 14.7. The molecule has 0 unspecified atom stereocenters. The fourth-order valence-corrected chi connectivity index (χ4v) is 7.22. The summed E-state index contributed by atoms with van der Waals surface area (Å²) in [5.74, 6) is 0. The highest BCUT2D eigenvalue weighted by molar-refractivity contribution is 4.66. The minimum atomic E-state index is 0.844. The maximum absolute atomic E-state index is 5.14. The van der Waals surface area contributed by atoms with E-state index in [2.05, 4.69) is 120 Å². The molecule has 4 rings (SSSR count). The van der Waals surface area contributed by atoms with Crippen LogP contribution in [0.1, 0.15) is 216 Å². The lowest BCUT2D eigenvalue weighted by Crippen LogP contribution is -2.30. The Morgan fingerprint density at radius 1 is 0.305 bits per heavy atom. The van der Waals surface area contributed by atoms with E-state index in [4.69, 9.17) is 5.73 Å². The van der Waals surface area contributed by atoms with Crippen molar-refractivity contribution in [2.24, 2.45) is 5.73 Å². The van der Waals surface area contributed by atoms with E-state index < -0.39 is 0 Å². The molecule has 7 heteroatoms. The van der Waals surface area contributed by atoms with E-state index in [9.17, 15) is 0 Å². The van der Waals surface area contributed by atoms with Crippen LogP contribution in [-0.2, 0) is 0 Å². The number of likely N-dealkylation sites (tertiary alicyclic amines) is 4. The van der Waals surface area contributed by atoms with Crippen molar-refractivity contribution in [1.82, 2.24) is 29.4 Å². The smallest absolute Gasteiger partial charge is 0.00183 e. The van der Waals surface area contributed by atoms with Crippen LogP contribution in [0.2, 0.25) is 0 Å². The van der Waals surface area contributed by atoms with Crippen LogP contribution >= 0.6 is 0 Å². The third-order valence-electron chi connectivity index (χ3n) is 10.9. The number of hydrogen-bond acceptors (Lipinski definition) is 7. The number of unbranched alkanes of at least 4 members (excludes halogenated alkanes) is 5. The van der Waals surface area contributed by atoms with Crippen molar-refractivity contribution in [1.29, 1.82) is 0 Å². The van der Waals surface area contributed by atoms with Gasteiger partial charge in [-0.3, -0.25) is 0 Å². The number of nitrogens with two attached hydrogens (primary N) is 1. The molecule has 7 nitrogen and oxygen atoms in total. The summed E-state index contributed by atoms with van der Waals surface area (Å²) in [5.41, 5.74) is 5.14. The lowest BCUT2D eigenvalue weighted by atomic mass is 10.1. The van der Waals surface area contributed by atoms with Gasteiger partial charge in [0.15, 0.2) is 0 Å². The number of nitrogens with zero attached hydrogens (tertiary/aromatic N) is 6. The Morgan fingerprint density at radius 2 is 0.610 bits per heavy atom. The van der Waals surface area contributed by atoms with Gasteiger partial charge in [-0.1, -0.05) is 120 Å². The van der Waals surface area contributed by atoms with Gasteiger partial charge in [-0.25, -0.2) is 0 Å². The van der Waals surface area contributed by atoms with E-state index in [0.29, 0.717) is 0 Å². The highest BCUT2D eigenvalue weighted by atomic mass is 15.1. The fraction of sp³-hybridized carbons (Fsp3) is 1.00. The second kappa shape index (κ2) is 57.7. The van der Waals surface area contributed by atoms with Gasteiger partial charge < -0.3 is 35.1 Å². The molecule has 2 N–H and O–H groups in total. The third-order valence-corrected chi connectivity index (χ3v) is 10.9. The van der Waals surface area contributed by atoms with E-state index in [1.165, 1.54) is 246 Å². The lowest BCUT2D eigenvalue weighted by molar-refractivity contribution is 0.224. The number of rotatable bonds is 18. The maximum Gasteiger partial charge on any atom is -0.00183 e. The molecule has 0 aliphatic carbocycles. The van der Waals surface area contributed by atoms with Gasteiger partial charge in [-0.2, -0.15) is 0 Å². The normalized spacial score (nSPS) is 17.1. The van der Waals surface area contributed by atoms with Crippen molar-refractivity contribution in [3.05, 3.63) is 0 Å². The van der Waals surface area contributed by atoms with E-state index in [0.717, 1.165) is 6.54 Å². The summed E-state index contributed by atoms with van der Waals surface area (Å²) in [6.45, 7) is 39.4. The molecule has 0 aromatic heterocycles. The van der Waals surface area contributed by atoms with Gasteiger partial charge >= 0.3 is 0 Å². The molecule has 0 amide bonds. The first kappa shape index (κ1) is 65.3. The van der Waals surface area contributed by atoms with Gasteiger partial charge in [0.2, 0.25) is 0 Å². The van der Waals surface area contributed by atoms with Crippen LogP contribution in [0.15, 0.2) is 0 Å². The molecule has 0 saturated carbocycles. The summed E-state index contributed by atoms with van der Waals surface area (Å²) in [5, 5.41) is 0. The SMILES string of the molecule is CCCC.CCCCCN1CCCCC1.CCCCN.CCCCN(C)C.CCCN(C)C.CCCN1CCCC1.CCCN1CCCCC1.CCCN1CCCCC1. The molecule has 4 saturated heterocycles. The van der Waals surface area contributed by atoms with Gasteiger partial charge in [0.25, 0.3) is 0 Å². The maximum atomic E-state index is 5.14. The van der Waals surface area contributed by atoms with E-state index in [1.54, 1.807) is 0 Å². The number of piperidine rings is 3. The highest BCUT2D eigenvalue weighted by Crippen LogP contribution is 2.11. The lowest BCUT2D eigenvalue weighted by Gasteiger charge is -2.26. The van der Waals surface area contributed by atoms with Crippen molar-refractivity contribution in [3.8, 4) is 0 Å². The molecular formula is C52H119N7. The Morgan fingerprint density at radius 3 is 0.797 bits per heavy atom. The van der Waals surface area contributed by atoms with Gasteiger partial charge in [-0.05, 0) is 223 Å². The van der Waals surface area contributed by atoms with E-state index >= 15 is 0 Å². The monoisotopic (exact) mass is 842 g/mol. The Balaban J connectivity index is -0.000000298. The Hall–Kier alpha value is -0.280. The minimum absolute atomic E-state index is 0.844. The summed E-state index contributed by atoms with van der Waals surface area (Å²) in [7, 11) is 8.39. The average Bonchev–Trinajstić information content (AvgIpc) is 3.77. The quantitative estimate of drug-likeness (QED) is 0.138. The van der Waals surface area contributed by atoms with Crippen LogP contribution in [0.5, 0.6) is 0 Å². The fourth-order valence-electron chi connectivity index (χ4n) is 7.22. The predicted molar refractivity (Wildman–Crippen MR) is 274 cm³/mol. The van der Waals surface area contributed by atoms with Crippen molar-refractivity contribution < 1.29 is 0 Å².